The molecule has 0 radical (unpaired) electrons. The second-order valence-corrected chi connectivity index (χ2v) is 6.91. The average Bonchev–Trinajstić information content (AvgIpc) is 3.42. The first-order valence-electron chi connectivity index (χ1n) is 8.99. The van der Waals surface area contributed by atoms with Gasteiger partial charge in [-0.15, -0.1) is 0 Å². The standard InChI is InChI=1S/C21H19FN4O2/c1-12-6-7-13(21(28)25-14-8-9-14)10-17(12)26-11-24-18(20(26)23)19(27)15-4-2-3-5-16(15)22/h2-7,10-11,14H,8-9,23H2,1H3,(H,25,28). The van der Waals surface area contributed by atoms with Crippen molar-refractivity contribution in [2.45, 2.75) is 25.8 Å². The van der Waals surface area contributed by atoms with Gasteiger partial charge in [0.1, 0.15) is 18.0 Å². The molecule has 1 heterocycles. The summed E-state index contributed by atoms with van der Waals surface area (Å²) < 4.78 is 15.5. The van der Waals surface area contributed by atoms with Crippen LogP contribution in [-0.4, -0.2) is 27.3 Å². The molecule has 28 heavy (non-hydrogen) atoms. The number of anilines is 1. The Hall–Kier alpha value is -3.48. The van der Waals surface area contributed by atoms with Crippen molar-refractivity contribution in [3.05, 3.63) is 77.0 Å². The van der Waals surface area contributed by atoms with Crippen LogP contribution in [0, 0.1) is 12.7 Å². The van der Waals surface area contributed by atoms with Crippen LogP contribution in [0.15, 0.2) is 48.8 Å². The molecule has 1 aliphatic carbocycles. The van der Waals surface area contributed by atoms with Crippen molar-refractivity contribution in [2.75, 3.05) is 5.73 Å². The van der Waals surface area contributed by atoms with Gasteiger partial charge in [-0.1, -0.05) is 18.2 Å². The van der Waals surface area contributed by atoms with Gasteiger partial charge in [0, 0.05) is 11.6 Å². The number of rotatable bonds is 5. The van der Waals surface area contributed by atoms with Crippen molar-refractivity contribution in [2.24, 2.45) is 0 Å². The maximum Gasteiger partial charge on any atom is 0.251 e. The quantitative estimate of drug-likeness (QED) is 0.668. The number of carbonyl (C=O) groups excluding carboxylic acids is 2. The number of aryl methyl sites for hydroxylation is 1. The molecule has 0 aliphatic heterocycles. The SMILES string of the molecule is Cc1ccc(C(=O)NC2CC2)cc1-n1cnc(C(=O)c2ccccc2F)c1N. The predicted octanol–water partition coefficient (Wildman–Crippen LogP) is 3.03. The highest BCUT2D eigenvalue weighted by molar-refractivity contribution is 6.10. The van der Waals surface area contributed by atoms with Crippen LogP contribution in [0.2, 0.25) is 0 Å². The molecule has 7 heteroatoms. The summed E-state index contributed by atoms with van der Waals surface area (Å²) in [4.78, 5) is 29.1. The summed E-state index contributed by atoms with van der Waals surface area (Å²) in [6.45, 7) is 1.87. The zero-order valence-electron chi connectivity index (χ0n) is 15.3. The third-order valence-corrected chi connectivity index (χ3v) is 4.78. The van der Waals surface area contributed by atoms with Crippen LogP contribution < -0.4 is 11.1 Å². The van der Waals surface area contributed by atoms with Gasteiger partial charge in [0.25, 0.3) is 5.91 Å². The van der Waals surface area contributed by atoms with E-state index in [-0.39, 0.29) is 29.0 Å². The van der Waals surface area contributed by atoms with Gasteiger partial charge in [-0.2, -0.15) is 0 Å². The lowest BCUT2D eigenvalue weighted by atomic mass is 10.1. The number of nitrogens with one attached hydrogen (secondary N) is 1. The first-order valence-corrected chi connectivity index (χ1v) is 8.99. The molecule has 1 saturated carbocycles. The Morgan fingerprint density at radius 1 is 1.21 bits per heavy atom. The molecule has 0 bridgehead atoms. The molecule has 6 nitrogen and oxygen atoms in total. The summed E-state index contributed by atoms with van der Waals surface area (Å²) in [6.07, 6.45) is 3.41. The van der Waals surface area contributed by atoms with E-state index in [0.29, 0.717) is 11.3 Å². The molecule has 3 N–H and O–H groups in total. The smallest absolute Gasteiger partial charge is 0.251 e. The zero-order chi connectivity index (χ0) is 19.8. The molecule has 3 aromatic rings. The third-order valence-electron chi connectivity index (χ3n) is 4.78. The summed E-state index contributed by atoms with van der Waals surface area (Å²) in [5.41, 5.74) is 8.05. The van der Waals surface area contributed by atoms with Crippen LogP contribution in [-0.2, 0) is 0 Å². The fourth-order valence-corrected chi connectivity index (χ4v) is 3.00. The fraction of sp³-hybridized carbons (Fsp3) is 0.190. The number of imidazole rings is 1. The van der Waals surface area contributed by atoms with E-state index in [1.165, 1.54) is 29.1 Å². The normalized spacial score (nSPS) is 13.4. The number of nitrogen functional groups attached to an aromatic ring is 1. The van der Waals surface area contributed by atoms with Gasteiger partial charge in [0.05, 0.1) is 11.3 Å². The Morgan fingerprint density at radius 3 is 2.68 bits per heavy atom. The number of hydrogen-bond acceptors (Lipinski definition) is 4. The van der Waals surface area contributed by atoms with Crippen molar-refractivity contribution < 1.29 is 14.0 Å². The van der Waals surface area contributed by atoms with Crippen LogP contribution in [0.1, 0.15) is 44.8 Å². The van der Waals surface area contributed by atoms with E-state index < -0.39 is 11.6 Å². The molecule has 0 saturated heterocycles. The topological polar surface area (TPSA) is 90.0 Å². The van der Waals surface area contributed by atoms with E-state index in [1.807, 2.05) is 13.0 Å². The van der Waals surface area contributed by atoms with Gasteiger partial charge in [0.2, 0.25) is 5.78 Å². The maximum atomic E-state index is 14.0. The molecule has 142 valence electrons. The number of amides is 1. The van der Waals surface area contributed by atoms with E-state index in [1.54, 1.807) is 18.2 Å². The van der Waals surface area contributed by atoms with Gasteiger partial charge in [-0.3, -0.25) is 14.2 Å². The Labute approximate surface area is 161 Å². The number of aromatic nitrogens is 2. The lowest BCUT2D eigenvalue weighted by Gasteiger charge is -2.12. The summed E-state index contributed by atoms with van der Waals surface area (Å²) in [5, 5.41) is 2.94. The van der Waals surface area contributed by atoms with E-state index >= 15 is 0 Å². The largest absolute Gasteiger partial charge is 0.383 e. The van der Waals surface area contributed by atoms with Gasteiger partial charge in [-0.25, -0.2) is 9.37 Å². The second kappa shape index (κ2) is 6.92. The van der Waals surface area contributed by atoms with Crippen LogP contribution >= 0.6 is 0 Å². The molecule has 0 unspecified atom stereocenters. The number of halogens is 1. The van der Waals surface area contributed by atoms with E-state index in [9.17, 15) is 14.0 Å². The number of nitrogens with zero attached hydrogens (tertiary/aromatic N) is 2. The van der Waals surface area contributed by atoms with Gasteiger partial charge >= 0.3 is 0 Å². The molecule has 1 aromatic heterocycles. The summed E-state index contributed by atoms with van der Waals surface area (Å²) >= 11 is 0. The molecule has 1 aliphatic rings. The van der Waals surface area contributed by atoms with Crippen molar-refractivity contribution in [1.82, 2.24) is 14.9 Å². The number of ketones is 1. The van der Waals surface area contributed by atoms with Crippen molar-refractivity contribution in [3.8, 4) is 5.69 Å². The minimum Gasteiger partial charge on any atom is -0.383 e. The first kappa shape index (κ1) is 17.9. The van der Waals surface area contributed by atoms with Crippen molar-refractivity contribution in [1.29, 1.82) is 0 Å². The molecule has 0 atom stereocenters. The Bertz CT molecular complexity index is 1090. The van der Waals surface area contributed by atoms with Gasteiger partial charge in [-0.05, 0) is 49.6 Å². The predicted molar refractivity (Wildman–Crippen MR) is 103 cm³/mol. The molecule has 1 amide bonds. The Kier molecular flexibility index (Phi) is 4.43. The lowest BCUT2D eigenvalue weighted by molar-refractivity contribution is 0.0950. The van der Waals surface area contributed by atoms with E-state index in [4.69, 9.17) is 5.73 Å². The number of carbonyl (C=O) groups is 2. The monoisotopic (exact) mass is 378 g/mol. The van der Waals surface area contributed by atoms with Gasteiger partial charge in [0.15, 0.2) is 5.69 Å². The fourth-order valence-electron chi connectivity index (χ4n) is 3.00. The second-order valence-electron chi connectivity index (χ2n) is 6.91. The van der Waals surface area contributed by atoms with Crippen molar-refractivity contribution in [3.63, 3.8) is 0 Å². The summed E-state index contributed by atoms with van der Waals surface area (Å²) in [7, 11) is 0. The number of nitrogens with two attached hydrogens (primary N) is 1. The minimum absolute atomic E-state index is 0.0302. The average molecular weight is 378 g/mol. The van der Waals surface area contributed by atoms with Crippen LogP contribution in [0.25, 0.3) is 5.69 Å². The van der Waals surface area contributed by atoms with Gasteiger partial charge < -0.3 is 11.1 Å². The summed E-state index contributed by atoms with van der Waals surface area (Å²) in [6, 6.07) is 11.2. The highest BCUT2D eigenvalue weighted by Gasteiger charge is 2.25. The number of hydrogen-bond donors (Lipinski definition) is 2. The molecular weight excluding hydrogens is 359 g/mol. The maximum absolute atomic E-state index is 14.0. The third kappa shape index (κ3) is 3.26. The van der Waals surface area contributed by atoms with Crippen LogP contribution in [0.3, 0.4) is 0 Å². The van der Waals surface area contributed by atoms with Crippen LogP contribution in [0.4, 0.5) is 10.2 Å². The van der Waals surface area contributed by atoms with E-state index in [2.05, 4.69) is 10.3 Å². The Morgan fingerprint density at radius 2 is 1.96 bits per heavy atom. The number of benzene rings is 2. The molecular formula is C21H19FN4O2. The van der Waals surface area contributed by atoms with E-state index in [0.717, 1.165) is 18.4 Å². The highest BCUT2D eigenvalue weighted by atomic mass is 19.1. The van der Waals surface area contributed by atoms with Crippen molar-refractivity contribution >= 4 is 17.5 Å². The zero-order valence-corrected chi connectivity index (χ0v) is 15.3. The molecule has 2 aromatic carbocycles. The van der Waals surface area contributed by atoms with Crippen LogP contribution in [0.5, 0.6) is 0 Å². The highest BCUT2D eigenvalue weighted by Crippen LogP contribution is 2.25. The Balaban J connectivity index is 1.70. The summed E-state index contributed by atoms with van der Waals surface area (Å²) in [5.74, 6) is -1.27. The lowest BCUT2D eigenvalue weighted by Crippen LogP contribution is -2.25. The minimum atomic E-state index is -0.628. The first-order chi connectivity index (χ1) is 13.5. The molecule has 0 spiro atoms. The molecule has 1 fully saturated rings. The molecule has 4 rings (SSSR count).